The second-order valence-electron chi connectivity index (χ2n) is 9.36. The zero-order valence-corrected chi connectivity index (χ0v) is 24.4. The summed E-state index contributed by atoms with van der Waals surface area (Å²) >= 11 is 7.37. The van der Waals surface area contributed by atoms with Crippen LogP contribution in [0.1, 0.15) is 35.2 Å². The van der Waals surface area contributed by atoms with Gasteiger partial charge in [-0.15, -0.1) is 0 Å². The van der Waals surface area contributed by atoms with Crippen molar-refractivity contribution in [3.05, 3.63) is 131 Å². The predicted molar refractivity (Wildman–Crippen MR) is 160 cm³/mol. The molecule has 0 N–H and O–H groups in total. The van der Waals surface area contributed by atoms with Crippen LogP contribution < -0.4 is 19.6 Å². The Morgan fingerprint density at radius 1 is 1.10 bits per heavy atom. The quantitative estimate of drug-likeness (QED) is 0.207. The van der Waals surface area contributed by atoms with Crippen LogP contribution in [0.4, 0.5) is 0 Å². The van der Waals surface area contributed by atoms with Crippen molar-refractivity contribution in [1.29, 1.82) is 5.26 Å². The molecule has 0 fully saturated rings. The van der Waals surface area contributed by atoms with Gasteiger partial charge in [0.05, 0.1) is 40.1 Å². The number of methoxy groups -OCH3 is 1. The number of nitriles is 1. The van der Waals surface area contributed by atoms with Gasteiger partial charge < -0.3 is 14.2 Å². The Balaban J connectivity index is 1.57. The minimum Gasteiger partial charge on any atom is -0.488 e. The lowest BCUT2D eigenvalue weighted by Crippen LogP contribution is -2.40. The van der Waals surface area contributed by atoms with E-state index in [4.69, 9.17) is 25.8 Å². The standard InChI is InChI=1S/C32H26ClN3O5S/c1-20-28(31(38)40-16-15-39-2)29(21-11-13-25(33)14-12-21)36-30(37)27(42-32(36)35-20)17-22-7-5-6-10-26(22)41-19-24-9-4-3-8-23(24)18-34/h3-14,17,29H,15-16,19H2,1-2H3. The zero-order valence-electron chi connectivity index (χ0n) is 22.9. The van der Waals surface area contributed by atoms with Crippen LogP contribution in [0.2, 0.25) is 5.02 Å². The second-order valence-corrected chi connectivity index (χ2v) is 10.8. The lowest BCUT2D eigenvalue weighted by molar-refractivity contribution is -0.140. The summed E-state index contributed by atoms with van der Waals surface area (Å²) in [5.41, 5.74) is 3.11. The number of hydrogen-bond acceptors (Lipinski definition) is 8. The fourth-order valence-electron chi connectivity index (χ4n) is 4.62. The van der Waals surface area contributed by atoms with Crippen molar-refractivity contribution in [2.45, 2.75) is 19.6 Å². The summed E-state index contributed by atoms with van der Waals surface area (Å²) in [5, 5.41) is 9.95. The van der Waals surface area contributed by atoms with Crippen molar-refractivity contribution < 1.29 is 19.0 Å². The first kappa shape index (κ1) is 29.0. The maximum absolute atomic E-state index is 14.0. The van der Waals surface area contributed by atoms with E-state index >= 15 is 0 Å². The third-order valence-corrected chi connectivity index (χ3v) is 7.91. The molecule has 3 aromatic carbocycles. The number of rotatable bonds is 9. The molecule has 0 amide bonds. The van der Waals surface area contributed by atoms with E-state index in [1.54, 1.807) is 49.4 Å². The Morgan fingerprint density at radius 2 is 1.83 bits per heavy atom. The molecular weight excluding hydrogens is 574 g/mol. The van der Waals surface area contributed by atoms with Gasteiger partial charge in [-0.05, 0) is 42.8 Å². The summed E-state index contributed by atoms with van der Waals surface area (Å²) in [6, 6.07) is 23.0. The van der Waals surface area contributed by atoms with Crippen molar-refractivity contribution in [2.75, 3.05) is 20.3 Å². The summed E-state index contributed by atoms with van der Waals surface area (Å²) in [5.74, 6) is -0.0113. The number of esters is 1. The number of allylic oxidation sites excluding steroid dienone is 1. The smallest absolute Gasteiger partial charge is 0.338 e. The van der Waals surface area contributed by atoms with Crippen molar-refractivity contribution in [1.82, 2.24) is 4.57 Å². The molecule has 0 radical (unpaired) electrons. The molecule has 10 heteroatoms. The van der Waals surface area contributed by atoms with Crippen LogP contribution >= 0.6 is 22.9 Å². The number of aromatic nitrogens is 1. The van der Waals surface area contributed by atoms with Crippen LogP contribution in [0.25, 0.3) is 6.08 Å². The zero-order chi connectivity index (χ0) is 29.6. The maximum Gasteiger partial charge on any atom is 0.338 e. The Bertz CT molecular complexity index is 1890. The van der Waals surface area contributed by atoms with Gasteiger partial charge in [0.1, 0.15) is 19.0 Å². The molecule has 212 valence electrons. The summed E-state index contributed by atoms with van der Waals surface area (Å²) in [6.07, 6.45) is 1.75. The number of para-hydroxylation sites is 1. The van der Waals surface area contributed by atoms with E-state index in [0.717, 1.165) is 5.56 Å². The molecule has 42 heavy (non-hydrogen) atoms. The van der Waals surface area contributed by atoms with Gasteiger partial charge in [-0.3, -0.25) is 9.36 Å². The number of halogens is 1. The van der Waals surface area contributed by atoms with E-state index < -0.39 is 12.0 Å². The van der Waals surface area contributed by atoms with E-state index in [1.165, 1.54) is 23.0 Å². The molecule has 1 aliphatic heterocycles. The molecule has 1 atom stereocenters. The average Bonchev–Trinajstić information content (AvgIpc) is 3.30. The highest BCUT2D eigenvalue weighted by Gasteiger charge is 2.33. The van der Waals surface area contributed by atoms with Crippen molar-refractivity contribution >= 4 is 35.0 Å². The molecule has 4 aromatic rings. The van der Waals surface area contributed by atoms with Crippen molar-refractivity contribution in [3.8, 4) is 11.8 Å². The molecule has 0 spiro atoms. The summed E-state index contributed by atoms with van der Waals surface area (Å²) < 4.78 is 18.5. The summed E-state index contributed by atoms with van der Waals surface area (Å²) in [6.45, 7) is 2.24. The van der Waals surface area contributed by atoms with Gasteiger partial charge in [0.15, 0.2) is 4.80 Å². The number of carbonyl (C=O) groups is 1. The number of carbonyl (C=O) groups excluding carboxylic acids is 1. The third kappa shape index (κ3) is 6.06. The number of nitrogens with zero attached hydrogens (tertiary/aromatic N) is 3. The molecule has 2 heterocycles. The molecule has 1 unspecified atom stereocenters. The van der Waals surface area contributed by atoms with Gasteiger partial charge in [-0.25, -0.2) is 9.79 Å². The first-order valence-electron chi connectivity index (χ1n) is 13.0. The topological polar surface area (TPSA) is 103 Å². The molecule has 1 aromatic heterocycles. The first-order chi connectivity index (χ1) is 20.4. The van der Waals surface area contributed by atoms with E-state index in [9.17, 15) is 14.9 Å². The van der Waals surface area contributed by atoms with Crippen molar-refractivity contribution in [3.63, 3.8) is 0 Å². The van der Waals surface area contributed by atoms with Crippen LogP contribution in [0.5, 0.6) is 5.75 Å². The minimum atomic E-state index is -0.760. The fourth-order valence-corrected chi connectivity index (χ4v) is 5.79. The highest BCUT2D eigenvalue weighted by atomic mass is 35.5. The number of ether oxygens (including phenoxy) is 3. The largest absolute Gasteiger partial charge is 0.488 e. The van der Waals surface area contributed by atoms with Crippen LogP contribution in [0.15, 0.2) is 93.9 Å². The number of hydrogen-bond donors (Lipinski definition) is 0. The van der Waals surface area contributed by atoms with E-state index in [2.05, 4.69) is 11.1 Å². The van der Waals surface area contributed by atoms with Crippen LogP contribution in [0.3, 0.4) is 0 Å². The molecule has 0 saturated heterocycles. The summed E-state index contributed by atoms with van der Waals surface area (Å²) in [4.78, 5) is 32.3. The molecule has 1 aliphatic rings. The fraction of sp³-hybridized carbons (Fsp3) is 0.188. The number of fused-ring (bicyclic) bond motifs is 1. The Morgan fingerprint density at radius 3 is 2.60 bits per heavy atom. The molecule has 8 nitrogen and oxygen atoms in total. The third-order valence-electron chi connectivity index (χ3n) is 6.67. The van der Waals surface area contributed by atoms with Crippen LogP contribution in [-0.4, -0.2) is 30.9 Å². The Kier molecular flexibility index (Phi) is 8.98. The highest BCUT2D eigenvalue weighted by Crippen LogP contribution is 2.31. The lowest BCUT2D eigenvalue weighted by Gasteiger charge is -2.24. The van der Waals surface area contributed by atoms with E-state index in [0.29, 0.717) is 42.5 Å². The van der Waals surface area contributed by atoms with Gasteiger partial charge in [-0.2, -0.15) is 5.26 Å². The van der Waals surface area contributed by atoms with Gasteiger partial charge >= 0.3 is 5.97 Å². The number of benzene rings is 3. The van der Waals surface area contributed by atoms with Crippen LogP contribution in [0, 0.1) is 11.3 Å². The Labute approximate surface area is 251 Å². The predicted octanol–water partition coefficient (Wildman–Crippen LogP) is 4.53. The summed E-state index contributed by atoms with van der Waals surface area (Å²) in [7, 11) is 1.52. The Hall–Kier alpha value is -4.49. The maximum atomic E-state index is 14.0. The molecule has 5 rings (SSSR count). The normalized spacial score (nSPS) is 14.6. The van der Waals surface area contributed by atoms with Crippen molar-refractivity contribution in [2.24, 2.45) is 4.99 Å². The molecule has 0 aliphatic carbocycles. The monoisotopic (exact) mass is 599 g/mol. The minimum absolute atomic E-state index is 0.0689. The molecular formula is C32H26ClN3O5S. The highest BCUT2D eigenvalue weighted by molar-refractivity contribution is 7.07. The average molecular weight is 600 g/mol. The molecule has 0 bridgehead atoms. The van der Waals surface area contributed by atoms with Gasteiger partial charge in [0, 0.05) is 23.3 Å². The van der Waals surface area contributed by atoms with E-state index in [-0.39, 0.29) is 31.0 Å². The SMILES string of the molecule is COCCOC(=O)C1=C(C)N=c2sc(=Cc3ccccc3OCc3ccccc3C#N)c(=O)n2C1c1ccc(Cl)cc1. The van der Waals surface area contributed by atoms with Crippen LogP contribution in [-0.2, 0) is 20.9 Å². The second kappa shape index (κ2) is 13.0. The number of thiazole rings is 1. The van der Waals surface area contributed by atoms with Gasteiger partial charge in [0.2, 0.25) is 0 Å². The molecule has 0 saturated carbocycles. The first-order valence-corrected chi connectivity index (χ1v) is 14.2. The van der Waals surface area contributed by atoms with E-state index in [1.807, 2.05) is 36.4 Å². The van der Waals surface area contributed by atoms with Gasteiger partial charge in [0.25, 0.3) is 5.56 Å². The van der Waals surface area contributed by atoms with Gasteiger partial charge in [-0.1, -0.05) is 71.5 Å². The lowest BCUT2D eigenvalue weighted by atomic mass is 9.96.